The van der Waals surface area contributed by atoms with E-state index in [-0.39, 0.29) is 23.3 Å². The molecule has 1 aromatic heterocycles. The smallest absolute Gasteiger partial charge is 0.243 e. The zero-order valence-electron chi connectivity index (χ0n) is 16.2. The molecule has 0 aliphatic carbocycles. The van der Waals surface area contributed by atoms with E-state index >= 15 is 0 Å². The first-order valence-corrected chi connectivity index (χ1v) is 11.9. The number of aryl methyl sites for hydroxylation is 1. The first kappa shape index (κ1) is 20.0. The van der Waals surface area contributed by atoms with Crippen molar-refractivity contribution in [2.24, 2.45) is 0 Å². The Labute approximate surface area is 174 Å². The van der Waals surface area contributed by atoms with E-state index in [1.807, 2.05) is 25.1 Å². The van der Waals surface area contributed by atoms with Crippen LogP contribution in [0.5, 0.6) is 0 Å². The van der Waals surface area contributed by atoms with E-state index in [1.165, 1.54) is 15.6 Å². The molecule has 6 nitrogen and oxygen atoms in total. The van der Waals surface area contributed by atoms with Crippen molar-refractivity contribution < 1.29 is 13.2 Å². The highest BCUT2D eigenvalue weighted by molar-refractivity contribution is 7.89. The third kappa shape index (κ3) is 4.34. The molecule has 0 unspecified atom stereocenters. The zero-order valence-corrected chi connectivity index (χ0v) is 17.8. The van der Waals surface area contributed by atoms with Gasteiger partial charge in [-0.15, -0.1) is 0 Å². The Morgan fingerprint density at radius 3 is 2.79 bits per heavy atom. The second kappa shape index (κ2) is 8.22. The molecule has 1 aliphatic heterocycles. The summed E-state index contributed by atoms with van der Waals surface area (Å²) in [6.45, 7) is 2.46. The average Bonchev–Trinajstić information content (AvgIpc) is 3.10. The van der Waals surface area contributed by atoms with E-state index < -0.39 is 10.0 Å². The number of carbonyl (C=O) groups excluding carboxylic acids is 1. The molecule has 152 valence electrons. The number of carbonyl (C=O) groups is 1. The summed E-state index contributed by atoms with van der Waals surface area (Å²) in [4.78, 5) is 17.4. The van der Waals surface area contributed by atoms with Gasteiger partial charge in [0.15, 0.2) is 5.13 Å². The third-order valence-electron chi connectivity index (χ3n) is 5.13. The van der Waals surface area contributed by atoms with Crippen LogP contribution in [0.15, 0.2) is 53.4 Å². The second-order valence-electron chi connectivity index (χ2n) is 7.32. The highest BCUT2D eigenvalue weighted by Gasteiger charge is 2.34. The first-order chi connectivity index (χ1) is 13.9. The van der Waals surface area contributed by atoms with Crippen molar-refractivity contribution in [3.63, 3.8) is 0 Å². The minimum absolute atomic E-state index is 0.126. The SMILES string of the molecule is Cc1ccc2nc(NC(=O)C[C@H]3CCCCN3S(=O)(=O)c3ccccc3)sc2c1. The molecular formula is C21H23N3O3S2. The lowest BCUT2D eigenvalue weighted by atomic mass is 10.0. The van der Waals surface area contributed by atoms with E-state index in [4.69, 9.17) is 0 Å². The van der Waals surface area contributed by atoms with Crippen LogP contribution in [0, 0.1) is 6.92 Å². The number of amides is 1. The molecular weight excluding hydrogens is 406 g/mol. The van der Waals surface area contributed by atoms with Crippen LogP contribution in [0.3, 0.4) is 0 Å². The van der Waals surface area contributed by atoms with Gasteiger partial charge in [-0.3, -0.25) is 4.79 Å². The lowest BCUT2D eigenvalue weighted by Gasteiger charge is -2.34. The molecule has 1 fully saturated rings. The van der Waals surface area contributed by atoms with E-state index in [0.717, 1.165) is 28.6 Å². The topological polar surface area (TPSA) is 79.4 Å². The monoisotopic (exact) mass is 429 g/mol. The van der Waals surface area contributed by atoms with Crippen molar-refractivity contribution in [1.82, 2.24) is 9.29 Å². The van der Waals surface area contributed by atoms with Crippen LogP contribution >= 0.6 is 11.3 Å². The summed E-state index contributed by atoms with van der Waals surface area (Å²) in [5, 5.41) is 3.40. The summed E-state index contributed by atoms with van der Waals surface area (Å²) in [6, 6.07) is 14.0. The summed E-state index contributed by atoms with van der Waals surface area (Å²) in [5.41, 5.74) is 1.99. The number of benzene rings is 2. The van der Waals surface area contributed by atoms with Crippen molar-refractivity contribution in [1.29, 1.82) is 0 Å². The Hall–Kier alpha value is -2.29. The number of sulfonamides is 1. The Bertz CT molecular complexity index is 1130. The maximum Gasteiger partial charge on any atom is 0.243 e. The Balaban J connectivity index is 1.49. The van der Waals surface area contributed by atoms with Gasteiger partial charge in [-0.1, -0.05) is 42.0 Å². The molecule has 1 N–H and O–H groups in total. The molecule has 2 heterocycles. The number of piperidine rings is 1. The normalized spacial score (nSPS) is 18.0. The molecule has 0 bridgehead atoms. The molecule has 1 atom stereocenters. The van der Waals surface area contributed by atoms with Crippen LogP contribution in [-0.2, 0) is 14.8 Å². The van der Waals surface area contributed by atoms with Crippen LogP contribution in [0.1, 0.15) is 31.2 Å². The molecule has 1 aliphatic rings. The quantitative estimate of drug-likeness (QED) is 0.660. The molecule has 1 amide bonds. The minimum atomic E-state index is -3.61. The van der Waals surface area contributed by atoms with Crippen molar-refractivity contribution in [2.45, 2.75) is 43.5 Å². The summed E-state index contributed by atoms with van der Waals surface area (Å²) in [7, 11) is -3.61. The number of hydrogen-bond acceptors (Lipinski definition) is 5. The maximum atomic E-state index is 13.1. The van der Waals surface area contributed by atoms with Gasteiger partial charge < -0.3 is 5.32 Å². The minimum Gasteiger partial charge on any atom is -0.302 e. The molecule has 29 heavy (non-hydrogen) atoms. The molecule has 4 rings (SSSR count). The average molecular weight is 430 g/mol. The highest BCUT2D eigenvalue weighted by atomic mass is 32.2. The van der Waals surface area contributed by atoms with Gasteiger partial charge in [-0.2, -0.15) is 4.31 Å². The zero-order chi connectivity index (χ0) is 20.4. The third-order valence-corrected chi connectivity index (χ3v) is 8.03. The predicted octanol–water partition coefficient (Wildman–Crippen LogP) is 4.18. The fraction of sp³-hybridized carbons (Fsp3) is 0.333. The molecule has 8 heteroatoms. The molecule has 0 saturated carbocycles. The molecule has 1 saturated heterocycles. The van der Waals surface area contributed by atoms with Crippen molar-refractivity contribution in [3.05, 3.63) is 54.1 Å². The van der Waals surface area contributed by atoms with Gasteiger partial charge in [0.25, 0.3) is 0 Å². The van der Waals surface area contributed by atoms with Crippen LogP contribution in [0.4, 0.5) is 5.13 Å². The molecule has 3 aromatic rings. The maximum absolute atomic E-state index is 13.1. The fourth-order valence-corrected chi connectivity index (χ4v) is 6.39. The van der Waals surface area contributed by atoms with Crippen LogP contribution in [0.25, 0.3) is 10.2 Å². The van der Waals surface area contributed by atoms with Gasteiger partial charge in [0.1, 0.15) is 0 Å². The number of fused-ring (bicyclic) bond motifs is 1. The number of hydrogen-bond donors (Lipinski definition) is 1. The van der Waals surface area contributed by atoms with Gasteiger partial charge in [0, 0.05) is 19.0 Å². The molecule has 2 aromatic carbocycles. The Morgan fingerprint density at radius 1 is 1.21 bits per heavy atom. The Kier molecular flexibility index (Phi) is 5.67. The highest BCUT2D eigenvalue weighted by Crippen LogP contribution is 2.29. The molecule has 0 spiro atoms. The van der Waals surface area contributed by atoms with Gasteiger partial charge in [0.2, 0.25) is 15.9 Å². The summed E-state index contributed by atoms with van der Waals surface area (Å²) in [6.07, 6.45) is 2.53. The summed E-state index contributed by atoms with van der Waals surface area (Å²) >= 11 is 1.43. The number of rotatable bonds is 5. The lowest BCUT2D eigenvalue weighted by molar-refractivity contribution is -0.117. The number of thiazole rings is 1. The second-order valence-corrected chi connectivity index (χ2v) is 10.2. The van der Waals surface area contributed by atoms with Gasteiger partial charge in [-0.25, -0.2) is 13.4 Å². The largest absolute Gasteiger partial charge is 0.302 e. The van der Waals surface area contributed by atoms with Crippen molar-refractivity contribution in [2.75, 3.05) is 11.9 Å². The van der Waals surface area contributed by atoms with E-state index in [1.54, 1.807) is 30.3 Å². The Morgan fingerprint density at radius 2 is 2.00 bits per heavy atom. The summed E-state index contributed by atoms with van der Waals surface area (Å²) in [5.74, 6) is -0.207. The van der Waals surface area contributed by atoms with E-state index in [9.17, 15) is 13.2 Å². The van der Waals surface area contributed by atoms with E-state index in [0.29, 0.717) is 18.1 Å². The number of anilines is 1. The molecule has 0 radical (unpaired) electrons. The first-order valence-electron chi connectivity index (χ1n) is 9.67. The number of nitrogens with zero attached hydrogens (tertiary/aromatic N) is 2. The van der Waals surface area contributed by atoms with Crippen molar-refractivity contribution >= 4 is 42.6 Å². The van der Waals surface area contributed by atoms with Gasteiger partial charge >= 0.3 is 0 Å². The number of nitrogens with one attached hydrogen (secondary N) is 1. The van der Waals surface area contributed by atoms with Crippen LogP contribution in [0.2, 0.25) is 0 Å². The fourth-order valence-electron chi connectivity index (χ4n) is 3.69. The standard InChI is InChI=1S/C21H23N3O3S2/c1-15-10-11-18-19(13-15)28-21(22-18)23-20(25)14-16-7-5-6-12-24(16)29(26,27)17-8-3-2-4-9-17/h2-4,8-11,13,16H,5-7,12,14H2,1H3,(H,22,23,25)/t16-/m1/s1. The van der Waals surface area contributed by atoms with Gasteiger partial charge in [0.05, 0.1) is 15.1 Å². The summed E-state index contributed by atoms with van der Waals surface area (Å²) < 4.78 is 28.7. The van der Waals surface area contributed by atoms with Crippen molar-refractivity contribution in [3.8, 4) is 0 Å². The van der Waals surface area contributed by atoms with E-state index in [2.05, 4.69) is 10.3 Å². The van der Waals surface area contributed by atoms with Crippen LogP contribution in [-0.4, -0.2) is 36.2 Å². The predicted molar refractivity (Wildman–Crippen MR) is 116 cm³/mol. The van der Waals surface area contributed by atoms with Gasteiger partial charge in [-0.05, 0) is 49.6 Å². The lowest BCUT2D eigenvalue weighted by Crippen LogP contribution is -2.45. The van der Waals surface area contributed by atoms with Crippen LogP contribution < -0.4 is 5.32 Å². The number of aromatic nitrogens is 1.